The Labute approximate surface area is 130 Å². The molecular weight excluding hydrogens is 312 g/mol. The van der Waals surface area contributed by atoms with Crippen molar-refractivity contribution in [2.75, 3.05) is 6.54 Å². The Hall–Kier alpha value is -1.01. The van der Waals surface area contributed by atoms with E-state index in [2.05, 4.69) is 26.1 Å². The molecule has 1 amide bonds. The molecule has 0 aromatic carbocycles. The van der Waals surface area contributed by atoms with E-state index in [0.29, 0.717) is 24.1 Å². The number of nitrogens with zero attached hydrogens (tertiary/aromatic N) is 1. The molecule has 21 heavy (non-hydrogen) atoms. The minimum Gasteiger partial charge on any atom is -0.350 e. The second kappa shape index (κ2) is 6.01. The molecule has 5 nitrogen and oxygen atoms in total. The monoisotopic (exact) mass is 332 g/mol. The van der Waals surface area contributed by atoms with Gasteiger partial charge in [0.25, 0.3) is 15.0 Å². The van der Waals surface area contributed by atoms with Crippen LogP contribution in [0.25, 0.3) is 0 Å². The summed E-state index contributed by atoms with van der Waals surface area (Å²) in [5, 5.41) is 2.87. The number of carbonyl (C=O) groups excluding carboxylic acids is 1. The average Bonchev–Trinajstić information content (AvgIpc) is 3.12. The van der Waals surface area contributed by atoms with Crippen molar-refractivity contribution in [2.24, 2.45) is 11.8 Å². The van der Waals surface area contributed by atoms with E-state index in [9.17, 15) is 13.2 Å². The zero-order valence-corrected chi connectivity index (χ0v) is 14.0. The van der Waals surface area contributed by atoms with Crippen LogP contribution in [0, 0.1) is 11.8 Å². The molecule has 0 saturated heterocycles. The number of carbonyl (C=O) groups is 1. The van der Waals surface area contributed by atoms with Crippen LogP contribution >= 0.6 is 10.7 Å². The maximum Gasteiger partial charge on any atom is 0.267 e. The molecule has 1 fully saturated rings. The van der Waals surface area contributed by atoms with Gasteiger partial charge in [-0.15, -0.1) is 0 Å². The van der Waals surface area contributed by atoms with E-state index in [1.165, 1.54) is 12.3 Å². The highest BCUT2D eigenvalue weighted by Gasteiger charge is 2.30. The molecule has 118 valence electrons. The van der Waals surface area contributed by atoms with Crippen molar-refractivity contribution in [3.63, 3.8) is 0 Å². The highest BCUT2D eigenvalue weighted by atomic mass is 35.7. The van der Waals surface area contributed by atoms with E-state index >= 15 is 0 Å². The van der Waals surface area contributed by atoms with Crippen LogP contribution in [0.1, 0.15) is 50.1 Å². The highest BCUT2D eigenvalue weighted by molar-refractivity contribution is 8.13. The van der Waals surface area contributed by atoms with Gasteiger partial charge in [-0.2, -0.15) is 0 Å². The first-order chi connectivity index (χ1) is 9.70. The Bertz CT molecular complexity index is 633. The van der Waals surface area contributed by atoms with Gasteiger partial charge in [0, 0.05) is 29.5 Å². The van der Waals surface area contributed by atoms with Crippen LogP contribution in [0.3, 0.4) is 0 Å². The molecular formula is C14H21ClN2O3S. The van der Waals surface area contributed by atoms with E-state index in [0.717, 1.165) is 12.8 Å². The second-order valence-electron chi connectivity index (χ2n) is 6.07. The number of nitrogens with one attached hydrogen (secondary N) is 1. The second-order valence-corrected chi connectivity index (χ2v) is 8.63. The van der Waals surface area contributed by atoms with E-state index in [1.807, 2.05) is 0 Å². The van der Waals surface area contributed by atoms with Gasteiger partial charge in [0.05, 0.1) is 0 Å². The lowest BCUT2D eigenvalue weighted by atomic mass is 9.98. The van der Waals surface area contributed by atoms with Crippen molar-refractivity contribution in [3.8, 4) is 0 Å². The molecule has 1 aromatic rings. The lowest BCUT2D eigenvalue weighted by molar-refractivity contribution is 0.0935. The number of rotatable bonds is 6. The summed E-state index contributed by atoms with van der Waals surface area (Å²) in [6.07, 6.45) is 3.37. The van der Waals surface area contributed by atoms with Gasteiger partial charge in [-0.05, 0) is 30.7 Å². The minimum absolute atomic E-state index is 0.0156. The molecule has 1 aromatic heterocycles. The Morgan fingerprint density at radius 2 is 2.05 bits per heavy atom. The number of amides is 1. The molecule has 1 heterocycles. The van der Waals surface area contributed by atoms with Gasteiger partial charge in [-0.25, -0.2) is 8.42 Å². The van der Waals surface area contributed by atoms with Crippen LogP contribution in [0.5, 0.6) is 0 Å². The lowest BCUT2D eigenvalue weighted by Crippen LogP contribution is -2.31. The van der Waals surface area contributed by atoms with Crippen molar-refractivity contribution >= 4 is 25.6 Å². The molecule has 1 aliphatic carbocycles. The summed E-state index contributed by atoms with van der Waals surface area (Å²) in [5.74, 6) is 0.579. The molecule has 7 heteroatoms. The maximum atomic E-state index is 12.3. The highest BCUT2D eigenvalue weighted by Crippen LogP contribution is 2.37. The Kier molecular flexibility index (Phi) is 4.68. The minimum atomic E-state index is -3.82. The van der Waals surface area contributed by atoms with Crippen molar-refractivity contribution in [1.82, 2.24) is 9.88 Å². The molecule has 1 saturated carbocycles. The molecule has 0 spiro atoms. The summed E-state index contributed by atoms with van der Waals surface area (Å²) in [4.78, 5) is 12.3. The number of hydrogen-bond acceptors (Lipinski definition) is 3. The Balaban J connectivity index is 2.18. The Morgan fingerprint density at radius 3 is 2.52 bits per heavy atom. The van der Waals surface area contributed by atoms with Gasteiger partial charge in [-0.1, -0.05) is 20.8 Å². The third kappa shape index (κ3) is 4.01. The smallest absolute Gasteiger partial charge is 0.267 e. The molecule has 1 atom stereocenters. The van der Waals surface area contributed by atoms with Gasteiger partial charge < -0.3 is 9.88 Å². The zero-order chi connectivity index (χ0) is 15.8. The van der Waals surface area contributed by atoms with Crippen LogP contribution in [-0.4, -0.2) is 25.4 Å². The molecule has 1 N–H and O–H groups in total. The maximum absolute atomic E-state index is 12.3. The summed E-state index contributed by atoms with van der Waals surface area (Å²) < 4.78 is 24.6. The fraction of sp³-hybridized carbons (Fsp3) is 0.643. The lowest BCUT2D eigenvalue weighted by Gasteiger charge is -2.16. The predicted molar refractivity (Wildman–Crippen MR) is 82.1 cm³/mol. The third-order valence-electron chi connectivity index (χ3n) is 4.00. The first-order valence-corrected chi connectivity index (χ1v) is 9.45. The van der Waals surface area contributed by atoms with E-state index in [1.54, 1.807) is 4.57 Å². The summed E-state index contributed by atoms with van der Waals surface area (Å²) in [7, 11) is 1.55. The van der Waals surface area contributed by atoms with Crippen molar-refractivity contribution in [1.29, 1.82) is 0 Å². The van der Waals surface area contributed by atoms with Crippen LogP contribution < -0.4 is 5.32 Å². The van der Waals surface area contributed by atoms with Crippen LogP contribution in [0.15, 0.2) is 17.2 Å². The molecule has 0 radical (unpaired) electrons. The zero-order valence-electron chi connectivity index (χ0n) is 12.5. The number of halogens is 1. The largest absolute Gasteiger partial charge is 0.350 e. The summed E-state index contributed by atoms with van der Waals surface area (Å²) in [6, 6.07) is 1.57. The Morgan fingerprint density at radius 1 is 1.43 bits per heavy atom. The topological polar surface area (TPSA) is 68.2 Å². The van der Waals surface area contributed by atoms with E-state index in [-0.39, 0.29) is 16.8 Å². The quantitative estimate of drug-likeness (QED) is 0.814. The van der Waals surface area contributed by atoms with E-state index in [4.69, 9.17) is 10.7 Å². The van der Waals surface area contributed by atoms with Crippen LogP contribution in [-0.2, 0) is 9.05 Å². The van der Waals surface area contributed by atoms with Gasteiger partial charge in [-0.3, -0.25) is 4.79 Å². The standard InChI is InChI=1S/C14H21ClN2O3S/c1-9(2)10(3)7-16-14(18)13-6-12(21(15,19)20)8-17(13)11-4-5-11/h6,8-11H,4-5,7H2,1-3H3,(H,16,18). The summed E-state index contributed by atoms with van der Waals surface area (Å²) in [5.41, 5.74) is 0.368. The predicted octanol–water partition coefficient (Wildman–Crippen LogP) is 2.77. The van der Waals surface area contributed by atoms with Gasteiger partial charge >= 0.3 is 0 Å². The van der Waals surface area contributed by atoms with Crippen LogP contribution in [0.2, 0.25) is 0 Å². The third-order valence-corrected chi connectivity index (χ3v) is 5.32. The van der Waals surface area contributed by atoms with Gasteiger partial charge in [0.1, 0.15) is 10.6 Å². The van der Waals surface area contributed by atoms with Crippen molar-refractivity contribution in [3.05, 3.63) is 18.0 Å². The molecule has 0 bridgehead atoms. The molecule has 0 aliphatic heterocycles. The number of aromatic nitrogens is 1. The first-order valence-electron chi connectivity index (χ1n) is 7.15. The normalized spacial score (nSPS) is 17.0. The summed E-state index contributed by atoms with van der Waals surface area (Å²) in [6.45, 7) is 6.83. The fourth-order valence-electron chi connectivity index (χ4n) is 2.00. The SMILES string of the molecule is CC(C)C(C)CNC(=O)c1cc(S(=O)(=O)Cl)cn1C1CC1. The first kappa shape index (κ1) is 16.4. The molecule has 1 unspecified atom stereocenters. The summed E-state index contributed by atoms with van der Waals surface area (Å²) >= 11 is 0. The molecule has 2 rings (SSSR count). The average molecular weight is 333 g/mol. The van der Waals surface area contributed by atoms with Crippen LogP contribution in [0.4, 0.5) is 0 Å². The van der Waals surface area contributed by atoms with Crippen molar-refractivity contribution in [2.45, 2.75) is 44.6 Å². The van der Waals surface area contributed by atoms with Gasteiger partial charge in [0.15, 0.2) is 0 Å². The fourth-order valence-corrected chi connectivity index (χ4v) is 2.75. The van der Waals surface area contributed by atoms with Gasteiger partial charge in [0.2, 0.25) is 0 Å². The van der Waals surface area contributed by atoms with E-state index < -0.39 is 9.05 Å². The number of hydrogen-bond donors (Lipinski definition) is 1. The molecule has 1 aliphatic rings. The van der Waals surface area contributed by atoms with Crippen molar-refractivity contribution < 1.29 is 13.2 Å².